The van der Waals surface area contributed by atoms with E-state index in [4.69, 9.17) is 14.6 Å². The fraction of sp³-hybridized carbons (Fsp3) is 0.192. The number of nitrogens with zero attached hydrogens (tertiary/aromatic N) is 3. The Labute approximate surface area is 218 Å². The summed E-state index contributed by atoms with van der Waals surface area (Å²) < 4.78 is 53.5. The molecule has 11 heteroatoms. The van der Waals surface area contributed by atoms with Gasteiger partial charge < -0.3 is 0 Å². The zero-order chi connectivity index (χ0) is 27.2. The standard InChI is InChI=1S/C25H19F4N3S2.CO2/c1-15(2)33-23-22(18-9-7-17(8-10-18)11-12-25(27,28)29)30-24(34-23)32-14-21(16(3)31-32)19-5-4-6-20(26)13-19;2-1-3/h4-10,13-15H,1-3H3;. The van der Waals surface area contributed by atoms with E-state index in [9.17, 15) is 17.6 Å². The van der Waals surface area contributed by atoms with E-state index < -0.39 is 6.18 Å². The maximum absolute atomic E-state index is 13.7. The third-order valence-corrected chi connectivity index (χ3v) is 6.92. The second kappa shape index (κ2) is 12.0. The molecule has 2 heterocycles. The topological polar surface area (TPSA) is 64.8 Å². The molecule has 5 nitrogen and oxygen atoms in total. The zero-order valence-corrected chi connectivity index (χ0v) is 21.4. The molecule has 0 radical (unpaired) electrons. The Morgan fingerprint density at radius 1 is 1.05 bits per heavy atom. The predicted octanol–water partition coefficient (Wildman–Crippen LogP) is 6.94. The van der Waals surface area contributed by atoms with E-state index in [0.29, 0.717) is 10.4 Å². The van der Waals surface area contributed by atoms with Crippen LogP contribution in [0.2, 0.25) is 0 Å². The lowest BCUT2D eigenvalue weighted by molar-refractivity contribution is -0.191. The monoisotopic (exact) mass is 545 g/mol. The van der Waals surface area contributed by atoms with Gasteiger partial charge in [-0.2, -0.15) is 27.9 Å². The van der Waals surface area contributed by atoms with Crippen molar-refractivity contribution in [2.45, 2.75) is 36.4 Å². The highest BCUT2D eigenvalue weighted by atomic mass is 32.2. The molecule has 4 aromatic rings. The summed E-state index contributed by atoms with van der Waals surface area (Å²) in [5.41, 5.74) is 4.06. The van der Waals surface area contributed by atoms with E-state index in [1.54, 1.807) is 46.8 Å². The molecule has 0 fully saturated rings. The summed E-state index contributed by atoms with van der Waals surface area (Å²) in [7, 11) is 0. The summed E-state index contributed by atoms with van der Waals surface area (Å²) in [6, 6.07) is 12.9. The number of thiazole rings is 1. The Balaban J connectivity index is 0.00000121. The Morgan fingerprint density at radius 2 is 1.73 bits per heavy atom. The van der Waals surface area contributed by atoms with Crippen LogP contribution in [-0.4, -0.2) is 32.3 Å². The Kier molecular flexibility index (Phi) is 9.05. The first-order chi connectivity index (χ1) is 17.5. The second-order valence-corrected chi connectivity index (χ2v) is 10.6. The van der Waals surface area contributed by atoms with Crippen molar-refractivity contribution in [3.8, 4) is 39.4 Å². The van der Waals surface area contributed by atoms with Crippen LogP contribution in [0, 0.1) is 24.6 Å². The Hall–Kier alpha value is -3.71. The molecule has 0 atom stereocenters. The normalized spacial score (nSPS) is 10.8. The Bertz CT molecular complexity index is 1470. The molecule has 2 aromatic heterocycles. The van der Waals surface area contributed by atoms with Crippen molar-refractivity contribution < 1.29 is 27.2 Å². The van der Waals surface area contributed by atoms with Crippen LogP contribution >= 0.6 is 23.1 Å². The fourth-order valence-corrected chi connectivity index (χ4v) is 5.67. The van der Waals surface area contributed by atoms with Gasteiger partial charge in [0, 0.05) is 34.1 Å². The van der Waals surface area contributed by atoms with Crippen molar-refractivity contribution in [3.05, 3.63) is 71.8 Å². The lowest BCUT2D eigenvalue weighted by Crippen LogP contribution is -2.01. The summed E-state index contributed by atoms with van der Waals surface area (Å²) in [4.78, 5) is 21.0. The minimum Gasteiger partial charge on any atom is -0.217 e. The van der Waals surface area contributed by atoms with Gasteiger partial charge in [-0.05, 0) is 36.8 Å². The summed E-state index contributed by atoms with van der Waals surface area (Å²) in [5, 5.41) is 5.52. The molecule has 0 aliphatic carbocycles. The quantitative estimate of drug-likeness (QED) is 0.154. The molecule has 0 aliphatic rings. The lowest BCUT2D eigenvalue weighted by atomic mass is 10.1. The third kappa shape index (κ3) is 7.64. The summed E-state index contributed by atoms with van der Waals surface area (Å²) in [5.74, 6) is 3.09. The van der Waals surface area contributed by atoms with Gasteiger partial charge in [-0.3, -0.25) is 0 Å². The van der Waals surface area contributed by atoms with Gasteiger partial charge >= 0.3 is 12.3 Å². The highest BCUT2D eigenvalue weighted by Gasteiger charge is 2.23. The van der Waals surface area contributed by atoms with E-state index in [2.05, 4.69) is 24.9 Å². The number of thioether (sulfide) groups is 1. The van der Waals surface area contributed by atoms with Crippen molar-refractivity contribution in [1.29, 1.82) is 0 Å². The summed E-state index contributed by atoms with van der Waals surface area (Å²) >= 11 is 3.13. The van der Waals surface area contributed by atoms with Crippen molar-refractivity contribution in [2.75, 3.05) is 0 Å². The SMILES string of the molecule is Cc1nn(-c2nc(-c3ccc(C#CC(F)(F)F)cc3)c(SC(C)C)s2)cc1-c1cccc(F)c1.O=C=O. The largest absolute Gasteiger partial charge is 0.458 e. The van der Waals surface area contributed by atoms with Gasteiger partial charge in [-0.1, -0.05) is 55.4 Å². The highest BCUT2D eigenvalue weighted by molar-refractivity contribution is 8.01. The lowest BCUT2D eigenvalue weighted by Gasteiger charge is -2.05. The number of aromatic nitrogens is 3. The van der Waals surface area contributed by atoms with E-state index in [0.717, 1.165) is 32.3 Å². The van der Waals surface area contributed by atoms with Crippen LogP contribution in [-0.2, 0) is 9.59 Å². The average Bonchev–Trinajstić information content (AvgIpc) is 3.41. The first-order valence-electron chi connectivity index (χ1n) is 10.7. The number of carbonyl (C=O) groups excluding carboxylic acids is 2. The highest BCUT2D eigenvalue weighted by Crippen LogP contribution is 2.40. The molecule has 0 aliphatic heterocycles. The van der Waals surface area contributed by atoms with Crippen LogP contribution in [0.3, 0.4) is 0 Å². The number of benzene rings is 2. The summed E-state index contributed by atoms with van der Waals surface area (Å²) in [6.45, 7) is 6.00. The molecular weight excluding hydrogens is 526 g/mol. The first kappa shape index (κ1) is 27.9. The van der Waals surface area contributed by atoms with Crippen LogP contribution in [0.5, 0.6) is 0 Å². The number of halogens is 4. The van der Waals surface area contributed by atoms with Gasteiger partial charge in [-0.15, -0.1) is 11.8 Å². The minimum absolute atomic E-state index is 0.250. The minimum atomic E-state index is -4.53. The molecule has 2 aromatic carbocycles. The number of hydrogen-bond acceptors (Lipinski definition) is 6. The number of alkyl halides is 3. The molecule has 0 bridgehead atoms. The molecule has 0 saturated carbocycles. The van der Waals surface area contributed by atoms with Gasteiger partial charge in [0.05, 0.1) is 15.6 Å². The maximum Gasteiger partial charge on any atom is 0.458 e. The smallest absolute Gasteiger partial charge is 0.217 e. The average molecular weight is 546 g/mol. The van der Waals surface area contributed by atoms with Crippen LogP contribution in [0.4, 0.5) is 17.6 Å². The molecule has 0 saturated heterocycles. The molecule has 4 rings (SSSR count). The van der Waals surface area contributed by atoms with Crippen LogP contribution in [0.15, 0.2) is 58.9 Å². The van der Waals surface area contributed by atoms with Gasteiger partial charge in [0.2, 0.25) is 5.13 Å². The van der Waals surface area contributed by atoms with Crippen LogP contribution < -0.4 is 0 Å². The van der Waals surface area contributed by atoms with Gasteiger partial charge in [0.25, 0.3) is 0 Å². The molecule has 0 amide bonds. The fourth-order valence-electron chi connectivity index (χ4n) is 3.22. The van der Waals surface area contributed by atoms with E-state index in [1.807, 2.05) is 19.2 Å². The molecule has 0 unspecified atom stereocenters. The second-order valence-electron chi connectivity index (χ2n) is 7.79. The van der Waals surface area contributed by atoms with Crippen molar-refractivity contribution in [2.24, 2.45) is 0 Å². The molecule has 37 heavy (non-hydrogen) atoms. The summed E-state index contributed by atoms with van der Waals surface area (Å²) in [6.07, 6.45) is -2.46. The van der Waals surface area contributed by atoms with Crippen molar-refractivity contribution in [3.63, 3.8) is 0 Å². The molecule has 190 valence electrons. The Morgan fingerprint density at radius 3 is 2.32 bits per heavy atom. The third-order valence-electron chi connectivity index (χ3n) is 4.66. The van der Waals surface area contributed by atoms with E-state index in [1.165, 1.54) is 29.4 Å². The predicted molar refractivity (Wildman–Crippen MR) is 134 cm³/mol. The first-order valence-corrected chi connectivity index (χ1v) is 12.4. The van der Waals surface area contributed by atoms with Crippen molar-refractivity contribution >= 4 is 29.3 Å². The molecule has 0 N–H and O–H groups in total. The number of hydrogen-bond donors (Lipinski definition) is 0. The zero-order valence-electron chi connectivity index (χ0n) is 19.8. The molecule has 0 spiro atoms. The van der Waals surface area contributed by atoms with Crippen LogP contribution in [0.1, 0.15) is 25.1 Å². The van der Waals surface area contributed by atoms with E-state index in [-0.39, 0.29) is 17.5 Å². The maximum atomic E-state index is 13.7. The van der Waals surface area contributed by atoms with Gasteiger partial charge in [-0.25, -0.2) is 14.1 Å². The van der Waals surface area contributed by atoms with Gasteiger partial charge in [0.15, 0.2) is 0 Å². The van der Waals surface area contributed by atoms with Crippen molar-refractivity contribution in [1.82, 2.24) is 14.8 Å². The van der Waals surface area contributed by atoms with E-state index >= 15 is 0 Å². The van der Waals surface area contributed by atoms with Crippen LogP contribution in [0.25, 0.3) is 27.5 Å². The number of aryl methyl sites for hydroxylation is 1. The number of rotatable bonds is 5. The molecular formula is C26H19F4N3O2S2. The van der Waals surface area contributed by atoms with Gasteiger partial charge in [0.1, 0.15) is 5.82 Å².